The van der Waals surface area contributed by atoms with Gasteiger partial charge in [0.1, 0.15) is 11.8 Å². The van der Waals surface area contributed by atoms with Gasteiger partial charge in [-0.05, 0) is 24.1 Å². The van der Waals surface area contributed by atoms with E-state index in [1.54, 1.807) is 18.9 Å². The fraction of sp³-hybridized carbons (Fsp3) is 0.375. The molecule has 0 aliphatic carbocycles. The SMILES string of the molecule is COc1ccc(CN2CCC(NC(=O)c3noc(C)n3)C2=O)cc1. The van der Waals surface area contributed by atoms with E-state index in [1.807, 2.05) is 24.3 Å². The summed E-state index contributed by atoms with van der Waals surface area (Å²) in [5, 5.41) is 6.21. The number of aromatic nitrogens is 2. The highest BCUT2D eigenvalue weighted by atomic mass is 16.5. The summed E-state index contributed by atoms with van der Waals surface area (Å²) in [4.78, 5) is 30.0. The zero-order valence-electron chi connectivity index (χ0n) is 13.5. The molecule has 3 rings (SSSR count). The van der Waals surface area contributed by atoms with Crippen molar-refractivity contribution in [3.8, 4) is 5.75 Å². The van der Waals surface area contributed by atoms with Crippen molar-refractivity contribution >= 4 is 11.8 Å². The Balaban J connectivity index is 1.59. The fourth-order valence-electron chi connectivity index (χ4n) is 2.60. The molecule has 126 valence electrons. The Morgan fingerprint density at radius 2 is 2.17 bits per heavy atom. The monoisotopic (exact) mass is 330 g/mol. The number of methoxy groups -OCH3 is 1. The molecule has 1 aromatic carbocycles. The maximum atomic E-state index is 12.4. The number of carbonyl (C=O) groups is 2. The molecule has 1 atom stereocenters. The number of hydrogen-bond acceptors (Lipinski definition) is 6. The average molecular weight is 330 g/mol. The van der Waals surface area contributed by atoms with E-state index in [4.69, 9.17) is 9.26 Å². The first-order valence-electron chi connectivity index (χ1n) is 7.59. The molecule has 8 heteroatoms. The number of carbonyl (C=O) groups excluding carboxylic acids is 2. The van der Waals surface area contributed by atoms with Crippen molar-refractivity contribution in [3.63, 3.8) is 0 Å². The minimum absolute atomic E-state index is 0.0612. The molecule has 0 radical (unpaired) electrons. The zero-order valence-corrected chi connectivity index (χ0v) is 13.5. The smallest absolute Gasteiger partial charge is 0.293 e. The first-order valence-corrected chi connectivity index (χ1v) is 7.59. The van der Waals surface area contributed by atoms with Gasteiger partial charge in [-0.2, -0.15) is 4.98 Å². The van der Waals surface area contributed by atoms with E-state index in [0.29, 0.717) is 25.4 Å². The van der Waals surface area contributed by atoms with E-state index in [2.05, 4.69) is 15.5 Å². The summed E-state index contributed by atoms with van der Waals surface area (Å²) in [5.74, 6) is 0.399. The number of hydrogen-bond donors (Lipinski definition) is 1. The molecule has 2 amide bonds. The van der Waals surface area contributed by atoms with Crippen LogP contribution >= 0.6 is 0 Å². The van der Waals surface area contributed by atoms with E-state index >= 15 is 0 Å². The van der Waals surface area contributed by atoms with Crippen molar-refractivity contribution in [1.82, 2.24) is 20.4 Å². The van der Waals surface area contributed by atoms with Crippen molar-refractivity contribution in [2.75, 3.05) is 13.7 Å². The Kier molecular flexibility index (Phi) is 4.45. The number of aryl methyl sites for hydroxylation is 1. The number of nitrogens with zero attached hydrogens (tertiary/aromatic N) is 3. The Morgan fingerprint density at radius 3 is 2.79 bits per heavy atom. The molecule has 1 saturated heterocycles. The lowest BCUT2D eigenvalue weighted by atomic mass is 10.2. The quantitative estimate of drug-likeness (QED) is 0.875. The molecule has 0 bridgehead atoms. The molecule has 8 nitrogen and oxygen atoms in total. The van der Waals surface area contributed by atoms with Crippen LogP contribution in [0.15, 0.2) is 28.8 Å². The summed E-state index contributed by atoms with van der Waals surface area (Å²) < 4.78 is 9.89. The molecule has 0 spiro atoms. The number of ether oxygens (including phenoxy) is 1. The van der Waals surface area contributed by atoms with Gasteiger partial charge < -0.3 is 19.5 Å². The Labute approximate surface area is 138 Å². The van der Waals surface area contributed by atoms with Gasteiger partial charge in [0, 0.05) is 20.0 Å². The number of likely N-dealkylation sites (tertiary alicyclic amines) is 1. The van der Waals surface area contributed by atoms with Gasteiger partial charge in [0.25, 0.3) is 11.7 Å². The summed E-state index contributed by atoms with van der Waals surface area (Å²) in [6.45, 7) is 2.68. The molecule has 24 heavy (non-hydrogen) atoms. The van der Waals surface area contributed by atoms with Crippen LogP contribution in [0.25, 0.3) is 0 Å². The standard InChI is InChI=1S/C16H18N4O4/c1-10-17-14(19-24-10)15(21)18-13-7-8-20(16(13)22)9-11-3-5-12(23-2)6-4-11/h3-6,13H,7-9H2,1-2H3,(H,18,21). The third-order valence-electron chi connectivity index (χ3n) is 3.87. The highest BCUT2D eigenvalue weighted by Gasteiger charge is 2.33. The molecule has 1 aromatic heterocycles. The summed E-state index contributed by atoms with van der Waals surface area (Å²) in [6, 6.07) is 6.98. The van der Waals surface area contributed by atoms with Crippen molar-refractivity contribution in [3.05, 3.63) is 41.5 Å². The molecule has 1 fully saturated rings. The molecule has 1 aliphatic heterocycles. The third kappa shape index (κ3) is 3.37. The molecule has 2 aromatic rings. The summed E-state index contributed by atoms with van der Waals surface area (Å²) in [6.07, 6.45) is 0.553. The second-order valence-corrected chi connectivity index (χ2v) is 5.56. The topological polar surface area (TPSA) is 97.6 Å². The largest absolute Gasteiger partial charge is 0.497 e. The van der Waals surface area contributed by atoms with Gasteiger partial charge in [0.15, 0.2) is 0 Å². The molecule has 2 heterocycles. The summed E-state index contributed by atoms with van der Waals surface area (Å²) in [7, 11) is 1.61. The van der Waals surface area contributed by atoms with E-state index < -0.39 is 11.9 Å². The highest BCUT2D eigenvalue weighted by Crippen LogP contribution is 2.18. The second kappa shape index (κ2) is 6.69. The van der Waals surface area contributed by atoms with Gasteiger partial charge in [-0.3, -0.25) is 9.59 Å². The maximum Gasteiger partial charge on any atom is 0.293 e. The predicted octanol–water partition coefficient (Wildman–Crippen LogP) is 0.918. The van der Waals surface area contributed by atoms with Crippen molar-refractivity contribution in [2.45, 2.75) is 25.9 Å². The molecule has 1 unspecified atom stereocenters. The van der Waals surface area contributed by atoms with Crippen LogP contribution in [0, 0.1) is 6.92 Å². The lowest BCUT2D eigenvalue weighted by Gasteiger charge is -2.17. The third-order valence-corrected chi connectivity index (χ3v) is 3.87. The lowest BCUT2D eigenvalue weighted by molar-refractivity contribution is -0.129. The normalized spacial score (nSPS) is 17.2. The molecule has 1 aliphatic rings. The van der Waals surface area contributed by atoms with Crippen molar-refractivity contribution in [2.24, 2.45) is 0 Å². The fourth-order valence-corrected chi connectivity index (χ4v) is 2.60. The van der Waals surface area contributed by atoms with Gasteiger partial charge in [0.05, 0.1) is 7.11 Å². The highest BCUT2D eigenvalue weighted by molar-refractivity contribution is 5.95. The zero-order chi connectivity index (χ0) is 17.1. The van der Waals surface area contributed by atoms with Crippen LogP contribution in [0.2, 0.25) is 0 Å². The molecule has 1 N–H and O–H groups in total. The number of rotatable bonds is 5. The van der Waals surface area contributed by atoms with Gasteiger partial charge >= 0.3 is 0 Å². The number of nitrogens with one attached hydrogen (secondary N) is 1. The minimum atomic E-state index is -0.561. The van der Waals surface area contributed by atoms with Crippen LogP contribution in [-0.2, 0) is 11.3 Å². The maximum absolute atomic E-state index is 12.4. The predicted molar refractivity (Wildman–Crippen MR) is 83.3 cm³/mol. The number of amides is 2. The van der Waals surface area contributed by atoms with Crippen molar-refractivity contribution < 1.29 is 18.8 Å². The van der Waals surface area contributed by atoms with Crippen LogP contribution in [0.4, 0.5) is 0 Å². The van der Waals surface area contributed by atoms with Crippen LogP contribution < -0.4 is 10.1 Å². The van der Waals surface area contributed by atoms with Crippen LogP contribution in [0.5, 0.6) is 5.75 Å². The van der Waals surface area contributed by atoms with Crippen molar-refractivity contribution in [1.29, 1.82) is 0 Å². The lowest BCUT2D eigenvalue weighted by Crippen LogP contribution is -2.41. The van der Waals surface area contributed by atoms with Gasteiger partial charge in [-0.25, -0.2) is 0 Å². The van der Waals surface area contributed by atoms with E-state index in [-0.39, 0.29) is 11.7 Å². The van der Waals surface area contributed by atoms with Gasteiger partial charge in [0.2, 0.25) is 11.8 Å². The number of benzene rings is 1. The second-order valence-electron chi connectivity index (χ2n) is 5.56. The minimum Gasteiger partial charge on any atom is -0.497 e. The summed E-state index contributed by atoms with van der Waals surface area (Å²) >= 11 is 0. The Hall–Kier alpha value is -2.90. The Morgan fingerprint density at radius 1 is 1.42 bits per heavy atom. The van der Waals surface area contributed by atoms with E-state index in [1.165, 1.54) is 0 Å². The average Bonchev–Trinajstić information content (AvgIpc) is 3.16. The molecular formula is C16H18N4O4. The van der Waals surface area contributed by atoms with Gasteiger partial charge in [-0.1, -0.05) is 17.3 Å². The molecular weight excluding hydrogens is 312 g/mol. The summed E-state index contributed by atoms with van der Waals surface area (Å²) in [5.41, 5.74) is 1.00. The van der Waals surface area contributed by atoms with E-state index in [0.717, 1.165) is 11.3 Å². The Bertz CT molecular complexity index is 741. The van der Waals surface area contributed by atoms with Gasteiger partial charge in [-0.15, -0.1) is 0 Å². The van der Waals surface area contributed by atoms with Crippen LogP contribution in [0.3, 0.4) is 0 Å². The first-order chi connectivity index (χ1) is 11.6. The molecule has 0 saturated carbocycles. The van der Waals surface area contributed by atoms with E-state index in [9.17, 15) is 9.59 Å². The van der Waals surface area contributed by atoms with Crippen LogP contribution in [-0.4, -0.2) is 46.6 Å². The first kappa shape index (κ1) is 16.0. The van der Waals surface area contributed by atoms with Crippen LogP contribution in [0.1, 0.15) is 28.5 Å².